The lowest BCUT2D eigenvalue weighted by Crippen LogP contribution is -2.35. The topological polar surface area (TPSA) is 102 Å². The molecule has 8 heteroatoms. The van der Waals surface area contributed by atoms with Crippen LogP contribution in [0.15, 0.2) is 18.2 Å². The molecule has 1 aromatic carbocycles. The molecule has 0 aliphatic heterocycles. The Hall–Kier alpha value is -2.06. The fourth-order valence-corrected chi connectivity index (χ4v) is 1.88. The van der Waals surface area contributed by atoms with Crippen molar-refractivity contribution < 1.29 is 9.85 Å². The van der Waals surface area contributed by atoms with Crippen LogP contribution in [0.5, 0.6) is 0 Å². The van der Waals surface area contributed by atoms with Crippen LogP contribution in [0, 0.1) is 20.2 Å². The van der Waals surface area contributed by atoms with E-state index < -0.39 is 9.85 Å². The lowest BCUT2D eigenvalue weighted by atomic mass is 10.1. The molecule has 20 heavy (non-hydrogen) atoms. The number of nitro benzene ring substituents is 2. The largest absolute Gasteiger partial charge is 0.309 e. The first-order valence-electron chi connectivity index (χ1n) is 6.11. The first-order chi connectivity index (χ1) is 9.31. The Balaban J connectivity index is 2.84. The highest BCUT2D eigenvalue weighted by Crippen LogP contribution is 2.24. The smallest absolute Gasteiger partial charge is 0.280 e. The first kappa shape index (κ1) is 16.0. The Morgan fingerprint density at radius 1 is 1.25 bits per heavy atom. The normalized spacial score (nSPS) is 12.4. The summed E-state index contributed by atoms with van der Waals surface area (Å²) in [5.41, 5.74) is -0.0725. The predicted molar refractivity (Wildman–Crippen MR) is 74.6 cm³/mol. The molecule has 0 bridgehead atoms. The Morgan fingerprint density at radius 3 is 2.40 bits per heavy atom. The van der Waals surface area contributed by atoms with Crippen molar-refractivity contribution in [2.45, 2.75) is 19.5 Å². The molecule has 0 radical (unpaired) electrons. The second kappa shape index (κ2) is 6.92. The maximum Gasteiger partial charge on any atom is 0.280 e. The number of hydrogen-bond donors (Lipinski definition) is 1. The van der Waals surface area contributed by atoms with Gasteiger partial charge >= 0.3 is 0 Å². The fourth-order valence-electron chi connectivity index (χ4n) is 1.88. The average Bonchev–Trinajstić information content (AvgIpc) is 2.35. The number of nitrogens with one attached hydrogen (secondary N) is 1. The van der Waals surface area contributed by atoms with E-state index in [1.54, 1.807) is 0 Å². The van der Waals surface area contributed by atoms with Crippen molar-refractivity contribution in [2.75, 3.05) is 20.6 Å². The Kier molecular flexibility index (Phi) is 5.53. The van der Waals surface area contributed by atoms with Crippen LogP contribution in [0.4, 0.5) is 11.4 Å². The number of rotatable bonds is 7. The van der Waals surface area contributed by atoms with Crippen molar-refractivity contribution in [1.82, 2.24) is 10.2 Å². The van der Waals surface area contributed by atoms with Crippen LogP contribution in [0.2, 0.25) is 0 Å². The number of non-ortho nitro benzene ring substituents is 1. The quantitative estimate of drug-likeness (QED) is 0.601. The van der Waals surface area contributed by atoms with Gasteiger partial charge in [-0.05, 0) is 27.1 Å². The van der Waals surface area contributed by atoms with Crippen molar-refractivity contribution in [3.63, 3.8) is 0 Å². The van der Waals surface area contributed by atoms with E-state index in [0.717, 1.165) is 12.6 Å². The highest BCUT2D eigenvalue weighted by atomic mass is 16.6. The van der Waals surface area contributed by atoms with Gasteiger partial charge in [-0.3, -0.25) is 20.2 Å². The van der Waals surface area contributed by atoms with Gasteiger partial charge in [-0.1, -0.05) is 0 Å². The lowest BCUT2D eigenvalue weighted by molar-refractivity contribution is -0.394. The summed E-state index contributed by atoms with van der Waals surface area (Å²) in [7, 11) is 3.87. The zero-order valence-electron chi connectivity index (χ0n) is 11.7. The van der Waals surface area contributed by atoms with Gasteiger partial charge in [0.15, 0.2) is 0 Å². The minimum atomic E-state index is -0.640. The van der Waals surface area contributed by atoms with Crippen molar-refractivity contribution in [3.05, 3.63) is 44.0 Å². The van der Waals surface area contributed by atoms with Crippen LogP contribution in [-0.4, -0.2) is 41.4 Å². The summed E-state index contributed by atoms with van der Waals surface area (Å²) in [6.07, 6.45) is 0. The SMILES string of the molecule is CC(CN(C)C)NCc1ccc([N+](=O)[O-])cc1[N+](=O)[O-]. The van der Waals surface area contributed by atoms with Gasteiger partial charge in [0.05, 0.1) is 15.9 Å². The van der Waals surface area contributed by atoms with E-state index in [1.165, 1.54) is 12.1 Å². The summed E-state index contributed by atoms with van der Waals surface area (Å²) >= 11 is 0. The maximum atomic E-state index is 11.0. The Morgan fingerprint density at radius 2 is 1.90 bits per heavy atom. The van der Waals surface area contributed by atoms with Crippen molar-refractivity contribution in [2.24, 2.45) is 0 Å². The first-order valence-corrected chi connectivity index (χ1v) is 6.11. The number of benzene rings is 1. The minimum absolute atomic E-state index is 0.153. The van der Waals surface area contributed by atoms with Gasteiger partial charge in [0.25, 0.3) is 11.4 Å². The zero-order valence-corrected chi connectivity index (χ0v) is 11.7. The predicted octanol–water partition coefficient (Wildman–Crippen LogP) is 1.54. The molecule has 0 amide bonds. The van der Waals surface area contributed by atoms with Crippen LogP contribution < -0.4 is 5.32 Å². The van der Waals surface area contributed by atoms with E-state index in [4.69, 9.17) is 0 Å². The molecule has 1 N–H and O–H groups in total. The molecule has 0 saturated heterocycles. The van der Waals surface area contributed by atoms with Crippen molar-refractivity contribution in [3.8, 4) is 0 Å². The summed E-state index contributed by atoms with van der Waals surface area (Å²) in [6, 6.07) is 3.85. The number of nitro groups is 2. The Labute approximate surface area is 116 Å². The third kappa shape index (κ3) is 4.56. The monoisotopic (exact) mass is 282 g/mol. The molecule has 1 unspecified atom stereocenters. The lowest BCUT2D eigenvalue weighted by Gasteiger charge is -2.18. The highest BCUT2D eigenvalue weighted by molar-refractivity contribution is 5.49. The summed E-state index contributed by atoms with van der Waals surface area (Å²) in [4.78, 5) is 22.4. The van der Waals surface area contributed by atoms with Gasteiger partial charge in [-0.25, -0.2) is 0 Å². The molecule has 0 saturated carbocycles. The van der Waals surface area contributed by atoms with Crippen molar-refractivity contribution >= 4 is 11.4 Å². The molecule has 0 aromatic heterocycles. The third-order valence-corrected chi connectivity index (χ3v) is 2.76. The van der Waals surface area contributed by atoms with Gasteiger partial charge in [-0.15, -0.1) is 0 Å². The van der Waals surface area contributed by atoms with Gasteiger partial charge in [0.2, 0.25) is 0 Å². The molecule has 110 valence electrons. The molecule has 1 atom stereocenters. The van der Waals surface area contributed by atoms with E-state index in [9.17, 15) is 20.2 Å². The summed E-state index contributed by atoms with van der Waals surface area (Å²) in [6.45, 7) is 3.06. The van der Waals surface area contributed by atoms with E-state index in [1.807, 2.05) is 25.9 Å². The minimum Gasteiger partial charge on any atom is -0.309 e. The highest BCUT2D eigenvalue weighted by Gasteiger charge is 2.19. The molecular weight excluding hydrogens is 264 g/mol. The van der Waals surface area contributed by atoms with Crippen LogP contribution in [0.3, 0.4) is 0 Å². The fraction of sp³-hybridized carbons (Fsp3) is 0.500. The molecule has 0 fully saturated rings. The summed E-state index contributed by atoms with van der Waals surface area (Å²) in [5.74, 6) is 0. The van der Waals surface area contributed by atoms with Gasteiger partial charge < -0.3 is 10.2 Å². The maximum absolute atomic E-state index is 11.0. The van der Waals surface area contributed by atoms with E-state index >= 15 is 0 Å². The molecule has 0 heterocycles. The second-order valence-electron chi connectivity index (χ2n) is 4.87. The van der Waals surface area contributed by atoms with E-state index in [0.29, 0.717) is 12.1 Å². The average molecular weight is 282 g/mol. The summed E-state index contributed by atoms with van der Waals surface area (Å²) < 4.78 is 0. The van der Waals surface area contributed by atoms with E-state index in [-0.39, 0.29) is 17.4 Å². The molecule has 0 aliphatic carbocycles. The van der Waals surface area contributed by atoms with Crippen LogP contribution in [0.1, 0.15) is 12.5 Å². The van der Waals surface area contributed by atoms with Gasteiger partial charge in [-0.2, -0.15) is 0 Å². The van der Waals surface area contributed by atoms with Crippen LogP contribution in [-0.2, 0) is 6.54 Å². The number of hydrogen-bond acceptors (Lipinski definition) is 6. The molecule has 1 aromatic rings. The standard InChI is InChI=1S/C12H18N4O4/c1-9(8-14(2)3)13-7-10-4-5-11(15(17)18)6-12(10)16(19)20/h4-6,9,13H,7-8H2,1-3H3. The van der Waals surface area contributed by atoms with E-state index in [2.05, 4.69) is 5.32 Å². The van der Waals surface area contributed by atoms with Gasteiger partial charge in [0.1, 0.15) is 0 Å². The zero-order chi connectivity index (χ0) is 15.3. The van der Waals surface area contributed by atoms with Crippen LogP contribution >= 0.6 is 0 Å². The second-order valence-corrected chi connectivity index (χ2v) is 4.87. The molecule has 0 spiro atoms. The number of likely N-dealkylation sites (N-methyl/N-ethyl adjacent to an activating group) is 1. The number of nitrogens with zero attached hydrogens (tertiary/aromatic N) is 3. The molecule has 8 nitrogen and oxygen atoms in total. The molecule has 1 rings (SSSR count). The molecule has 0 aliphatic rings. The van der Waals surface area contributed by atoms with Crippen molar-refractivity contribution in [1.29, 1.82) is 0 Å². The Bertz CT molecular complexity index is 504. The van der Waals surface area contributed by atoms with Gasteiger partial charge in [0, 0.05) is 30.8 Å². The van der Waals surface area contributed by atoms with Crippen LogP contribution in [0.25, 0.3) is 0 Å². The third-order valence-electron chi connectivity index (χ3n) is 2.76. The summed E-state index contributed by atoms with van der Waals surface area (Å²) in [5, 5.41) is 24.8. The molecular formula is C12H18N4O4.